The van der Waals surface area contributed by atoms with Gasteiger partial charge in [0.15, 0.2) is 0 Å². The fourth-order valence-electron chi connectivity index (χ4n) is 1.56. The van der Waals surface area contributed by atoms with Gasteiger partial charge in [0.1, 0.15) is 5.82 Å². The van der Waals surface area contributed by atoms with Crippen LogP contribution in [0.1, 0.15) is 20.3 Å². The molecule has 0 spiro atoms. The molecule has 0 aliphatic rings. The maximum atomic E-state index is 10.1. The van der Waals surface area contributed by atoms with E-state index in [-0.39, 0.29) is 0 Å². The number of halogens is 1. The zero-order valence-electron chi connectivity index (χ0n) is 10.7. The van der Waals surface area contributed by atoms with Crippen LogP contribution in [0.5, 0.6) is 0 Å². The Morgan fingerprint density at radius 3 is 3.00 bits per heavy atom. The number of rotatable bonds is 6. The van der Waals surface area contributed by atoms with Gasteiger partial charge in [-0.2, -0.15) is 0 Å². The van der Waals surface area contributed by atoms with Gasteiger partial charge in [0.2, 0.25) is 0 Å². The van der Waals surface area contributed by atoms with E-state index in [2.05, 4.69) is 33.2 Å². The van der Waals surface area contributed by atoms with E-state index in [1.165, 1.54) is 0 Å². The molecule has 0 saturated carbocycles. The highest BCUT2D eigenvalue weighted by Gasteiger charge is 2.07. The predicted octanol–water partition coefficient (Wildman–Crippen LogP) is 3.53. The molecule has 4 heteroatoms. The van der Waals surface area contributed by atoms with E-state index >= 15 is 0 Å². The highest BCUT2D eigenvalue weighted by Crippen LogP contribution is 2.13. The van der Waals surface area contributed by atoms with E-state index in [9.17, 15) is 5.11 Å². The molecule has 0 aliphatic carbocycles. The number of pyridine rings is 1. The Labute approximate surface area is 117 Å². The molecular weight excluding hydrogens is 292 g/mol. The second-order valence-electron chi connectivity index (χ2n) is 3.87. The van der Waals surface area contributed by atoms with Crippen LogP contribution < -0.4 is 5.32 Å². The van der Waals surface area contributed by atoms with Crippen LogP contribution >= 0.6 is 15.9 Å². The summed E-state index contributed by atoms with van der Waals surface area (Å²) in [5.74, 6) is 0.750. The summed E-state index contributed by atoms with van der Waals surface area (Å²) >= 11 is 3.38. The van der Waals surface area contributed by atoms with Crippen molar-refractivity contribution in [3.05, 3.63) is 46.6 Å². The van der Waals surface area contributed by atoms with Crippen molar-refractivity contribution in [1.82, 2.24) is 4.98 Å². The number of hydrogen-bond donors (Lipinski definition) is 2. The Hall–Kier alpha value is -1.13. The second kappa shape index (κ2) is 8.06. The Bertz CT molecular complexity index is 430. The third-order valence-corrected chi connectivity index (χ3v) is 2.88. The quantitative estimate of drug-likeness (QED) is 0.790. The summed E-state index contributed by atoms with van der Waals surface area (Å²) in [4.78, 5) is 4.17. The zero-order valence-corrected chi connectivity index (χ0v) is 12.3. The topological polar surface area (TPSA) is 45.1 Å². The summed E-state index contributed by atoms with van der Waals surface area (Å²) in [6.45, 7) is 4.44. The molecule has 1 heterocycles. The minimum absolute atomic E-state index is 0.444. The molecule has 0 radical (unpaired) electrons. The number of aliphatic hydroxyl groups is 1. The summed E-state index contributed by atoms with van der Waals surface area (Å²) in [6.07, 6.45) is 7.99. The molecule has 0 amide bonds. The van der Waals surface area contributed by atoms with Crippen LogP contribution in [-0.4, -0.2) is 22.7 Å². The van der Waals surface area contributed by atoms with E-state index in [1.807, 2.05) is 37.3 Å². The highest BCUT2D eigenvalue weighted by atomic mass is 79.9. The molecule has 98 valence electrons. The molecule has 0 bridgehead atoms. The molecular formula is C14H19BrN2O. The van der Waals surface area contributed by atoms with Gasteiger partial charge < -0.3 is 10.4 Å². The molecule has 1 aromatic rings. The SMILES string of the molecule is C/C=C\C(=C/CC)C(O)CNc1cc(Br)ccn1. The summed E-state index contributed by atoms with van der Waals surface area (Å²) in [5.41, 5.74) is 0.933. The average molecular weight is 311 g/mol. The monoisotopic (exact) mass is 310 g/mol. The molecule has 0 aliphatic heterocycles. The van der Waals surface area contributed by atoms with E-state index < -0.39 is 6.10 Å². The van der Waals surface area contributed by atoms with Gasteiger partial charge in [-0.05, 0) is 31.1 Å². The van der Waals surface area contributed by atoms with Crippen LogP contribution in [0.3, 0.4) is 0 Å². The first kappa shape index (κ1) is 14.9. The highest BCUT2D eigenvalue weighted by molar-refractivity contribution is 9.10. The van der Waals surface area contributed by atoms with E-state index in [0.717, 1.165) is 22.3 Å². The van der Waals surface area contributed by atoms with Crippen LogP contribution in [0.4, 0.5) is 5.82 Å². The lowest BCUT2D eigenvalue weighted by molar-refractivity contribution is 0.227. The van der Waals surface area contributed by atoms with Crippen LogP contribution in [0.2, 0.25) is 0 Å². The van der Waals surface area contributed by atoms with Gasteiger partial charge in [-0.1, -0.05) is 41.1 Å². The lowest BCUT2D eigenvalue weighted by Gasteiger charge is -2.13. The van der Waals surface area contributed by atoms with Gasteiger partial charge in [0, 0.05) is 17.2 Å². The molecule has 18 heavy (non-hydrogen) atoms. The van der Waals surface area contributed by atoms with Gasteiger partial charge in [0.05, 0.1) is 6.10 Å². The molecule has 1 aromatic heterocycles. The first-order valence-corrected chi connectivity index (χ1v) is 6.83. The average Bonchev–Trinajstić information content (AvgIpc) is 2.36. The number of nitrogens with zero attached hydrogens (tertiary/aromatic N) is 1. The molecule has 3 nitrogen and oxygen atoms in total. The standard InChI is InChI=1S/C14H19BrN2O/c1-3-5-11(6-4-2)13(18)10-17-14-9-12(15)7-8-16-14/h3,5-9,13,18H,4,10H2,1-2H3,(H,16,17)/b5-3-,11-6+. The molecule has 0 aromatic carbocycles. The summed E-state index contributed by atoms with van der Waals surface area (Å²) in [6, 6.07) is 3.75. The van der Waals surface area contributed by atoms with E-state index in [0.29, 0.717) is 6.54 Å². The van der Waals surface area contributed by atoms with Crippen LogP contribution in [0.25, 0.3) is 0 Å². The number of aromatic nitrogens is 1. The van der Waals surface area contributed by atoms with E-state index in [4.69, 9.17) is 0 Å². The van der Waals surface area contributed by atoms with Crippen molar-refractivity contribution in [2.75, 3.05) is 11.9 Å². The first-order valence-electron chi connectivity index (χ1n) is 6.03. The number of nitrogens with one attached hydrogen (secondary N) is 1. The predicted molar refractivity (Wildman–Crippen MR) is 79.6 cm³/mol. The third kappa shape index (κ3) is 5.02. The molecule has 1 unspecified atom stereocenters. The molecule has 0 fully saturated rings. The molecule has 2 N–H and O–H groups in total. The third-order valence-electron chi connectivity index (χ3n) is 2.38. The van der Waals surface area contributed by atoms with Crippen molar-refractivity contribution in [2.45, 2.75) is 26.4 Å². The van der Waals surface area contributed by atoms with Crippen molar-refractivity contribution < 1.29 is 5.11 Å². The van der Waals surface area contributed by atoms with Crippen molar-refractivity contribution >= 4 is 21.7 Å². The Balaban J connectivity index is 2.59. The van der Waals surface area contributed by atoms with Gasteiger partial charge in [-0.25, -0.2) is 4.98 Å². The maximum Gasteiger partial charge on any atom is 0.127 e. The number of hydrogen-bond acceptors (Lipinski definition) is 3. The summed E-state index contributed by atoms with van der Waals surface area (Å²) in [5, 5.41) is 13.2. The van der Waals surface area contributed by atoms with Crippen molar-refractivity contribution in [2.24, 2.45) is 0 Å². The lowest BCUT2D eigenvalue weighted by Crippen LogP contribution is -2.21. The lowest BCUT2D eigenvalue weighted by atomic mass is 10.1. The Kier molecular flexibility index (Phi) is 6.68. The summed E-state index contributed by atoms with van der Waals surface area (Å²) in [7, 11) is 0. The van der Waals surface area contributed by atoms with Crippen molar-refractivity contribution in [3.63, 3.8) is 0 Å². The second-order valence-corrected chi connectivity index (χ2v) is 4.78. The zero-order chi connectivity index (χ0) is 13.4. The van der Waals surface area contributed by atoms with Gasteiger partial charge in [-0.15, -0.1) is 0 Å². The van der Waals surface area contributed by atoms with Crippen LogP contribution in [0.15, 0.2) is 46.6 Å². The molecule has 1 rings (SSSR count). The molecule has 1 atom stereocenters. The summed E-state index contributed by atoms with van der Waals surface area (Å²) < 4.78 is 0.965. The van der Waals surface area contributed by atoms with Gasteiger partial charge >= 0.3 is 0 Å². The number of anilines is 1. The Morgan fingerprint density at radius 2 is 2.39 bits per heavy atom. The fourth-order valence-corrected chi connectivity index (χ4v) is 1.90. The largest absolute Gasteiger partial charge is 0.387 e. The maximum absolute atomic E-state index is 10.1. The minimum atomic E-state index is -0.526. The van der Waals surface area contributed by atoms with Crippen LogP contribution in [0, 0.1) is 0 Å². The van der Waals surface area contributed by atoms with E-state index in [1.54, 1.807) is 6.20 Å². The molecule has 0 saturated heterocycles. The Morgan fingerprint density at radius 1 is 1.61 bits per heavy atom. The van der Waals surface area contributed by atoms with Crippen molar-refractivity contribution in [3.8, 4) is 0 Å². The van der Waals surface area contributed by atoms with Gasteiger partial charge in [0.25, 0.3) is 0 Å². The number of allylic oxidation sites excluding steroid dienone is 2. The normalized spacial score (nSPS) is 13.9. The van der Waals surface area contributed by atoms with Gasteiger partial charge in [-0.3, -0.25) is 0 Å². The smallest absolute Gasteiger partial charge is 0.127 e. The van der Waals surface area contributed by atoms with Crippen molar-refractivity contribution in [1.29, 1.82) is 0 Å². The minimum Gasteiger partial charge on any atom is -0.387 e. The van der Waals surface area contributed by atoms with Crippen LogP contribution in [-0.2, 0) is 0 Å². The fraction of sp³-hybridized carbons (Fsp3) is 0.357. The number of aliphatic hydroxyl groups excluding tert-OH is 1. The first-order chi connectivity index (χ1) is 8.67.